The van der Waals surface area contributed by atoms with Gasteiger partial charge in [0.15, 0.2) is 0 Å². The largest absolute Gasteiger partial charge is 0.444 e. The van der Waals surface area contributed by atoms with Crippen LogP contribution < -0.4 is 16.0 Å². The lowest BCUT2D eigenvalue weighted by Gasteiger charge is -2.22. The van der Waals surface area contributed by atoms with E-state index in [1.165, 1.54) is 12.1 Å². The van der Waals surface area contributed by atoms with Crippen LogP contribution in [0.2, 0.25) is 0 Å². The molecule has 33 heavy (non-hydrogen) atoms. The lowest BCUT2D eigenvalue weighted by molar-refractivity contribution is -0.118. The van der Waals surface area contributed by atoms with Gasteiger partial charge in [-0.1, -0.05) is 19.9 Å². The van der Waals surface area contributed by atoms with Crippen LogP contribution in [-0.4, -0.2) is 29.6 Å². The molecule has 0 aromatic heterocycles. The Labute approximate surface area is 189 Å². The van der Waals surface area contributed by atoms with Crippen molar-refractivity contribution in [3.05, 3.63) is 59.4 Å². The topological polar surface area (TPSA) is 96.5 Å². The molecule has 2 aromatic carbocycles. The number of hydrogen-bond acceptors (Lipinski definition) is 4. The van der Waals surface area contributed by atoms with Crippen LogP contribution in [0.1, 0.15) is 45.0 Å². The van der Waals surface area contributed by atoms with Gasteiger partial charge in [-0.05, 0) is 57.0 Å². The van der Waals surface area contributed by atoms with Crippen LogP contribution in [0.3, 0.4) is 0 Å². The Morgan fingerprint density at radius 3 is 2.06 bits per heavy atom. The second-order valence-electron chi connectivity index (χ2n) is 8.60. The molecule has 0 fully saturated rings. The van der Waals surface area contributed by atoms with Crippen LogP contribution in [0.25, 0.3) is 0 Å². The molecule has 1 atom stereocenters. The molecule has 0 bridgehead atoms. The van der Waals surface area contributed by atoms with Crippen LogP contribution in [0, 0.1) is 23.4 Å². The van der Waals surface area contributed by atoms with Gasteiger partial charge >= 0.3 is 6.09 Å². The van der Waals surface area contributed by atoms with Gasteiger partial charge in [-0.3, -0.25) is 14.9 Å². The molecule has 0 radical (unpaired) electrons. The van der Waals surface area contributed by atoms with Crippen LogP contribution in [-0.2, 0) is 9.53 Å². The van der Waals surface area contributed by atoms with Crippen molar-refractivity contribution >= 4 is 29.3 Å². The summed E-state index contributed by atoms with van der Waals surface area (Å²) in [5.74, 6) is -5.14. The summed E-state index contributed by atoms with van der Waals surface area (Å²) in [6, 6.07) is 5.27. The third-order valence-corrected chi connectivity index (χ3v) is 4.30. The summed E-state index contributed by atoms with van der Waals surface area (Å²) in [7, 11) is 0. The Morgan fingerprint density at radius 1 is 0.909 bits per heavy atom. The van der Waals surface area contributed by atoms with E-state index in [2.05, 4.69) is 16.0 Å². The maximum atomic E-state index is 14.1. The van der Waals surface area contributed by atoms with Crippen molar-refractivity contribution in [2.45, 2.75) is 46.3 Å². The number of hydrogen-bond donors (Lipinski definition) is 3. The van der Waals surface area contributed by atoms with Crippen LogP contribution in [0.15, 0.2) is 36.4 Å². The fraction of sp³-hybridized carbons (Fsp3) is 0.348. The van der Waals surface area contributed by atoms with E-state index in [0.29, 0.717) is 0 Å². The number of anilines is 2. The van der Waals surface area contributed by atoms with Gasteiger partial charge in [0.1, 0.15) is 34.7 Å². The standard InChI is InChI=1S/C23H26F3N3O4/c1-12(2)19(29-20(30)18-15(25)7-6-8-16(18)26)21(31)27-13-9-10-14(24)17(11-13)28-22(32)33-23(3,4)5/h6-12,19H,1-5H3,(H,27,31)(H,28,32)(H,29,30). The molecule has 0 spiro atoms. The van der Waals surface area contributed by atoms with Gasteiger partial charge in [0.05, 0.1) is 5.69 Å². The van der Waals surface area contributed by atoms with E-state index < -0.39 is 58.5 Å². The lowest BCUT2D eigenvalue weighted by Crippen LogP contribution is -2.47. The molecule has 3 N–H and O–H groups in total. The molecule has 2 rings (SSSR count). The van der Waals surface area contributed by atoms with Crippen LogP contribution >= 0.6 is 0 Å². The molecule has 0 saturated heterocycles. The number of amides is 3. The maximum absolute atomic E-state index is 14.1. The average molecular weight is 465 g/mol. The summed E-state index contributed by atoms with van der Waals surface area (Å²) >= 11 is 0. The van der Waals surface area contributed by atoms with Gasteiger partial charge < -0.3 is 15.4 Å². The van der Waals surface area contributed by atoms with Gasteiger partial charge in [0, 0.05) is 5.69 Å². The van der Waals surface area contributed by atoms with E-state index in [0.717, 1.165) is 24.3 Å². The Balaban J connectivity index is 2.17. The van der Waals surface area contributed by atoms with Crippen LogP contribution in [0.5, 0.6) is 0 Å². The summed E-state index contributed by atoms with van der Waals surface area (Å²) in [5, 5.41) is 7.08. The van der Waals surface area contributed by atoms with Gasteiger partial charge in [0.2, 0.25) is 5.91 Å². The third-order valence-electron chi connectivity index (χ3n) is 4.30. The van der Waals surface area contributed by atoms with Crippen molar-refractivity contribution in [2.75, 3.05) is 10.6 Å². The molecule has 10 heteroatoms. The summed E-state index contributed by atoms with van der Waals surface area (Å²) in [4.78, 5) is 37.1. The number of rotatable bonds is 6. The lowest BCUT2D eigenvalue weighted by atomic mass is 10.0. The molecule has 0 aliphatic rings. The minimum atomic E-state index is -1.16. The van der Waals surface area contributed by atoms with Crippen molar-refractivity contribution in [3.63, 3.8) is 0 Å². The number of carbonyl (C=O) groups excluding carboxylic acids is 3. The van der Waals surface area contributed by atoms with Crippen LogP contribution in [0.4, 0.5) is 29.3 Å². The maximum Gasteiger partial charge on any atom is 0.412 e. The molecule has 7 nitrogen and oxygen atoms in total. The molecule has 0 saturated carbocycles. The minimum Gasteiger partial charge on any atom is -0.444 e. The predicted molar refractivity (Wildman–Crippen MR) is 117 cm³/mol. The zero-order valence-electron chi connectivity index (χ0n) is 18.9. The number of nitrogens with one attached hydrogen (secondary N) is 3. The second kappa shape index (κ2) is 10.4. The molecule has 0 heterocycles. The Bertz CT molecular complexity index is 1030. The molecule has 0 aliphatic carbocycles. The van der Waals surface area contributed by atoms with Crippen molar-refractivity contribution in [1.82, 2.24) is 5.32 Å². The fourth-order valence-corrected chi connectivity index (χ4v) is 2.80. The predicted octanol–water partition coefficient (Wildman–Crippen LogP) is 4.84. The van der Waals surface area contributed by atoms with E-state index in [1.54, 1.807) is 34.6 Å². The first-order valence-electron chi connectivity index (χ1n) is 10.1. The van der Waals surface area contributed by atoms with Crippen molar-refractivity contribution < 1.29 is 32.3 Å². The normalized spacial score (nSPS) is 12.2. The van der Waals surface area contributed by atoms with E-state index in [9.17, 15) is 27.6 Å². The van der Waals surface area contributed by atoms with E-state index in [4.69, 9.17) is 4.74 Å². The molecular weight excluding hydrogens is 439 g/mol. The SMILES string of the molecule is CC(C)C(NC(=O)c1c(F)cccc1F)C(=O)Nc1ccc(F)c(NC(=O)OC(C)(C)C)c1. The Hall–Kier alpha value is -3.56. The Kier molecular flexibility index (Phi) is 8.08. The first kappa shape index (κ1) is 25.7. The number of carbonyl (C=O) groups is 3. The highest BCUT2D eigenvalue weighted by Crippen LogP contribution is 2.22. The summed E-state index contributed by atoms with van der Waals surface area (Å²) in [5.41, 5.74) is -1.72. The fourth-order valence-electron chi connectivity index (χ4n) is 2.80. The van der Waals surface area contributed by atoms with Gasteiger partial charge in [-0.15, -0.1) is 0 Å². The molecule has 2 aromatic rings. The smallest absolute Gasteiger partial charge is 0.412 e. The number of ether oxygens (including phenoxy) is 1. The highest BCUT2D eigenvalue weighted by atomic mass is 19.1. The molecule has 0 aliphatic heterocycles. The molecule has 178 valence electrons. The highest BCUT2D eigenvalue weighted by molar-refractivity contribution is 6.01. The van der Waals surface area contributed by atoms with Gasteiger partial charge in [0.25, 0.3) is 5.91 Å². The second-order valence-corrected chi connectivity index (χ2v) is 8.60. The molecule has 3 amide bonds. The zero-order chi connectivity index (χ0) is 24.9. The molecular formula is C23H26F3N3O4. The third kappa shape index (κ3) is 7.23. The first-order chi connectivity index (χ1) is 15.3. The van der Waals surface area contributed by atoms with E-state index >= 15 is 0 Å². The van der Waals surface area contributed by atoms with Crippen molar-refractivity contribution in [1.29, 1.82) is 0 Å². The van der Waals surface area contributed by atoms with Gasteiger partial charge in [-0.25, -0.2) is 18.0 Å². The van der Waals surface area contributed by atoms with E-state index in [-0.39, 0.29) is 11.4 Å². The van der Waals surface area contributed by atoms with Gasteiger partial charge in [-0.2, -0.15) is 0 Å². The highest BCUT2D eigenvalue weighted by Gasteiger charge is 2.27. The van der Waals surface area contributed by atoms with E-state index in [1.807, 2.05) is 0 Å². The number of benzene rings is 2. The first-order valence-corrected chi connectivity index (χ1v) is 10.1. The Morgan fingerprint density at radius 2 is 1.52 bits per heavy atom. The molecule has 1 unspecified atom stereocenters. The quantitative estimate of drug-likeness (QED) is 0.569. The average Bonchev–Trinajstić information content (AvgIpc) is 2.66. The van der Waals surface area contributed by atoms with Crippen molar-refractivity contribution in [2.24, 2.45) is 5.92 Å². The number of halogens is 3. The zero-order valence-corrected chi connectivity index (χ0v) is 18.9. The monoisotopic (exact) mass is 465 g/mol. The van der Waals surface area contributed by atoms with Crippen molar-refractivity contribution in [3.8, 4) is 0 Å². The summed E-state index contributed by atoms with van der Waals surface area (Å²) in [6.07, 6.45) is -0.885. The summed E-state index contributed by atoms with van der Waals surface area (Å²) < 4.78 is 47.0. The minimum absolute atomic E-state index is 0.115. The summed E-state index contributed by atoms with van der Waals surface area (Å²) in [6.45, 7) is 8.19.